The first-order valence-corrected chi connectivity index (χ1v) is 16.6. The average molecular weight is 771 g/mol. The number of hydrogen-bond donors (Lipinski definition) is 5. The van der Waals surface area contributed by atoms with Gasteiger partial charge in [0.15, 0.2) is 6.61 Å². The maximum atomic E-state index is 13.1. The van der Waals surface area contributed by atoms with Gasteiger partial charge in [0, 0.05) is 35.6 Å². The molecule has 0 unspecified atom stereocenters. The fraction of sp³-hybridized carbons (Fsp3) is 0.286. The Morgan fingerprint density at radius 1 is 0.852 bits per heavy atom. The van der Waals surface area contributed by atoms with Crippen molar-refractivity contribution in [2.45, 2.75) is 37.2 Å². The van der Waals surface area contributed by atoms with Crippen molar-refractivity contribution in [1.82, 2.24) is 25.6 Å². The van der Waals surface area contributed by atoms with Crippen molar-refractivity contribution in [3.05, 3.63) is 94.5 Å². The molecular weight excluding hydrogens is 737 g/mol. The van der Waals surface area contributed by atoms with Gasteiger partial charge in [-0.2, -0.15) is 28.1 Å². The van der Waals surface area contributed by atoms with Crippen molar-refractivity contribution in [2.24, 2.45) is 0 Å². The summed E-state index contributed by atoms with van der Waals surface area (Å²) >= 11 is 6.02. The molecule has 1 heterocycles. The lowest BCUT2D eigenvalue weighted by atomic mass is 10.1. The van der Waals surface area contributed by atoms with Crippen LogP contribution in [0.5, 0.6) is 6.01 Å². The molecule has 5 rings (SSSR count). The normalized spacial score (nSPS) is 13.5. The van der Waals surface area contributed by atoms with Crippen molar-refractivity contribution < 1.29 is 46.6 Å². The van der Waals surface area contributed by atoms with E-state index in [-0.39, 0.29) is 17.5 Å². The molecule has 284 valence electrons. The van der Waals surface area contributed by atoms with Crippen LogP contribution in [0.25, 0.3) is 0 Å². The van der Waals surface area contributed by atoms with Crippen molar-refractivity contribution in [3.8, 4) is 6.01 Å². The van der Waals surface area contributed by atoms with E-state index in [2.05, 4.69) is 41.5 Å². The molecular formula is C35H34ClF3N8O7. The van der Waals surface area contributed by atoms with Gasteiger partial charge < -0.3 is 40.8 Å². The lowest BCUT2D eigenvalue weighted by molar-refractivity contribution is -0.154. The minimum Gasteiger partial charge on any atom is -0.467 e. The van der Waals surface area contributed by atoms with E-state index in [0.29, 0.717) is 35.8 Å². The smallest absolute Gasteiger partial charge is 0.422 e. The second-order valence-corrected chi connectivity index (χ2v) is 12.4. The number of carbonyl (C=O) groups is 4. The highest BCUT2D eigenvalue weighted by Crippen LogP contribution is 2.48. The Labute approximate surface area is 311 Å². The summed E-state index contributed by atoms with van der Waals surface area (Å²) in [5.74, 6) is -3.86. The molecule has 0 saturated heterocycles. The van der Waals surface area contributed by atoms with Gasteiger partial charge in [0.1, 0.15) is 6.04 Å². The zero-order valence-corrected chi connectivity index (χ0v) is 29.5. The molecule has 19 heteroatoms. The summed E-state index contributed by atoms with van der Waals surface area (Å²) in [6, 6.07) is 17.5. The molecule has 3 amide bonds. The lowest BCUT2D eigenvalue weighted by Crippen LogP contribution is -2.50. The third-order valence-corrected chi connectivity index (χ3v) is 8.12. The van der Waals surface area contributed by atoms with Crippen molar-refractivity contribution in [1.29, 1.82) is 0 Å². The Balaban J connectivity index is 1.22. The highest BCUT2D eigenvalue weighted by Gasteiger charge is 2.45. The van der Waals surface area contributed by atoms with Gasteiger partial charge in [-0.05, 0) is 72.5 Å². The van der Waals surface area contributed by atoms with E-state index in [1.54, 1.807) is 43.5 Å². The van der Waals surface area contributed by atoms with Crippen LogP contribution in [0.4, 0.5) is 36.4 Å². The first kappa shape index (κ1) is 39.2. The Hall–Kier alpha value is -6.01. The number of ether oxygens (including phenoxy) is 3. The molecule has 1 aliphatic carbocycles. The second-order valence-electron chi connectivity index (χ2n) is 11.9. The van der Waals surface area contributed by atoms with Crippen LogP contribution in [-0.4, -0.2) is 78.2 Å². The highest BCUT2D eigenvalue weighted by molar-refractivity contribution is 6.39. The fourth-order valence-corrected chi connectivity index (χ4v) is 5.12. The van der Waals surface area contributed by atoms with Gasteiger partial charge in [-0.3, -0.25) is 14.4 Å². The van der Waals surface area contributed by atoms with E-state index in [9.17, 15) is 32.3 Å². The Morgan fingerprint density at radius 3 is 2.11 bits per heavy atom. The summed E-state index contributed by atoms with van der Waals surface area (Å²) in [6.45, 7) is -1.73. The highest BCUT2D eigenvalue weighted by atomic mass is 35.5. The zero-order valence-electron chi connectivity index (χ0n) is 28.8. The van der Waals surface area contributed by atoms with E-state index < -0.39 is 60.6 Å². The van der Waals surface area contributed by atoms with E-state index in [1.165, 1.54) is 24.3 Å². The van der Waals surface area contributed by atoms with E-state index in [0.717, 1.165) is 18.2 Å². The molecule has 54 heavy (non-hydrogen) atoms. The number of nitrogens with zero attached hydrogens (tertiary/aromatic N) is 3. The number of hydrogen-bond acceptors (Lipinski definition) is 12. The van der Waals surface area contributed by atoms with Crippen LogP contribution in [0.15, 0.2) is 72.8 Å². The molecule has 0 bridgehead atoms. The summed E-state index contributed by atoms with van der Waals surface area (Å²) in [7, 11) is 2.63. The average Bonchev–Trinajstić information content (AvgIpc) is 3.93. The van der Waals surface area contributed by atoms with Crippen molar-refractivity contribution >= 4 is 58.6 Å². The molecule has 1 aliphatic rings. The molecule has 0 radical (unpaired) electrons. The quantitative estimate of drug-likeness (QED) is 0.0842. The Morgan fingerprint density at radius 2 is 1.50 bits per heavy atom. The van der Waals surface area contributed by atoms with Crippen LogP contribution < -0.4 is 31.3 Å². The molecule has 1 aromatic heterocycles. The number of methoxy groups -OCH3 is 2. The van der Waals surface area contributed by atoms with Crippen LogP contribution in [0.2, 0.25) is 5.02 Å². The number of halogens is 4. The Kier molecular flexibility index (Phi) is 12.5. The molecule has 3 aromatic carbocycles. The summed E-state index contributed by atoms with van der Waals surface area (Å²) in [4.78, 5) is 62.6. The molecule has 4 aromatic rings. The minimum absolute atomic E-state index is 0.0388. The molecule has 15 nitrogen and oxygen atoms in total. The van der Waals surface area contributed by atoms with Crippen LogP contribution in [0.1, 0.15) is 34.3 Å². The van der Waals surface area contributed by atoms with E-state index in [1.807, 2.05) is 12.1 Å². The number of alkyl halides is 3. The molecule has 0 aliphatic heterocycles. The van der Waals surface area contributed by atoms with Gasteiger partial charge in [0.2, 0.25) is 11.9 Å². The zero-order chi connectivity index (χ0) is 38.9. The van der Waals surface area contributed by atoms with Gasteiger partial charge in [-0.15, -0.1) is 0 Å². The second kappa shape index (κ2) is 17.2. The number of benzene rings is 3. The number of aromatic nitrogens is 3. The van der Waals surface area contributed by atoms with Gasteiger partial charge in [0.05, 0.1) is 19.3 Å². The summed E-state index contributed by atoms with van der Waals surface area (Å²) in [5.41, 5.74) is 1.96. The van der Waals surface area contributed by atoms with E-state index in [4.69, 9.17) is 25.8 Å². The van der Waals surface area contributed by atoms with Gasteiger partial charge in [-0.25, -0.2) is 4.79 Å². The maximum Gasteiger partial charge on any atom is 0.422 e. The standard InChI is InChI=1S/C35H34ClF3N8O7/c1-52-18-20-3-11-24(12-4-20)41-29(50)28(49)40-17-26(30(51)53-2)43-27(48)21-5-13-25(14-6-21)42-31-44-32(46-33(45-31)54-19-35(37,38)39)47-34(15-16-34)22-7-9-23(36)10-8-22/h3-14,26H,15-19H2,1-2H3,(H,40,49)(H,41,50)(H,43,48)(H2,42,44,45,46,47)/t26-/m0/s1. The predicted molar refractivity (Wildman–Crippen MR) is 189 cm³/mol. The van der Waals surface area contributed by atoms with Crippen LogP contribution in [-0.2, 0) is 36.0 Å². The topological polar surface area (TPSA) is 195 Å². The summed E-state index contributed by atoms with van der Waals surface area (Å²) < 4.78 is 53.5. The maximum absolute atomic E-state index is 13.1. The number of esters is 1. The van der Waals surface area contributed by atoms with Crippen molar-refractivity contribution in [3.63, 3.8) is 0 Å². The molecule has 1 fully saturated rings. The number of nitrogens with one attached hydrogen (secondary N) is 5. The number of anilines is 4. The summed E-state index contributed by atoms with van der Waals surface area (Å²) in [6.07, 6.45) is -3.24. The third kappa shape index (κ3) is 11.0. The number of carbonyl (C=O) groups excluding carboxylic acids is 4. The van der Waals surface area contributed by atoms with Gasteiger partial charge in [-0.1, -0.05) is 35.9 Å². The minimum atomic E-state index is -4.64. The van der Waals surface area contributed by atoms with E-state index >= 15 is 0 Å². The fourth-order valence-electron chi connectivity index (χ4n) is 5.00. The predicted octanol–water partition coefficient (Wildman–Crippen LogP) is 4.48. The van der Waals surface area contributed by atoms with Crippen LogP contribution >= 0.6 is 11.6 Å². The molecule has 1 saturated carbocycles. The Bertz CT molecular complexity index is 1960. The SMILES string of the molecule is COCc1ccc(NC(=O)C(=O)NC[C@H](NC(=O)c2ccc(Nc3nc(NC4(c5ccc(Cl)cc5)CC4)nc(OCC(F)(F)F)n3)cc2)C(=O)OC)cc1. The lowest BCUT2D eigenvalue weighted by Gasteiger charge is -2.19. The molecule has 0 spiro atoms. The monoisotopic (exact) mass is 770 g/mol. The largest absolute Gasteiger partial charge is 0.467 e. The van der Waals surface area contributed by atoms with Crippen molar-refractivity contribution in [2.75, 3.05) is 43.3 Å². The van der Waals surface area contributed by atoms with Crippen LogP contribution in [0, 0.1) is 0 Å². The number of amides is 3. The van der Waals surface area contributed by atoms with Gasteiger partial charge in [0.25, 0.3) is 5.91 Å². The third-order valence-electron chi connectivity index (χ3n) is 7.87. The first-order valence-electron chi connectivity index (χ1n) is 16.2. The van der Waals surface area contributed by atoms with Crippen LogP contribution in [0.3, 0.4) is 0 Å². The van der Waals surface area contributed by atoms with Gasteiger partial charge >= 0.3 is 30.0 Å². The first-order chi connectivity index (χ1) is 25.8. The number of rotatable bonds is 15. The summed E-state index contributed by atoms with van der Waals surface area (Å²) in [5, 5.41) is 13.8. The molecule has 1 atom stereocenters. The molecule has 5 N–H and O–H groups in total.